The first-order valence-corrected chi connectivity index (χ1v) is 13.1. The molecule has 40 heavy (non-hydrogen) atoms. The maximum Gasteiger partial charge on any atom is 0.329 e. The van der Waals surface area contributed by atoms with Crippen molar-refractivity contribution in [2.24, 2.45) is 0 Å². The smallest absolute Gasteiger partial charge is 0.329 e. The van der Waals surface area contributed by atoms with Crippen LogP contribution in [0.15, 0.2) is 60.3 Å². The van der Waals surface area contributed by atoms with E-state index in [1.165, 1.54) is 13.2 Å². The zero-order valence-electron chi connectivity index (χ0n) is 21.4. The van der Waals surface area contributed by atoms with Crippen molar-refractivity contribution in [2.75, 3.05) is 25.6 Å². The number of para-hydroxylation sites is 2. The third-order valence-electron chi connectivity index (χ3n) is 5.65. The van der Waals surface area contributed by atoms with E-state index in [1.54, 1.807) is 61.5 Å². The Morgan fingerprint density at radius 2 is 1.75 bits per heavy atom. The van der Waals surface area contributed by atoms with E-state index < -0.39 is 24.4 Å². The minimum Gasteiger partial charge on any atom is -0.495 e. The summed E-state index contributed by atoms with van der Waals surface area (Å²) in [5.74, 6) is -0.159. The van der Waals surface area contributed by atoms with Gasteiger partial charge < -0.3 is 24.8 Å². The topological polar surface area (TPSA) is 106 Å². The summed E-state index contributed by atoms with van der Waals surface area (Å²) in [7, 11) is 1.47. The number of urea groups is 1. The van der Waals surface area contributed by atoms with E-state index in [0.717, 1.165) is 10.5 Å². The first kappa shape index (κ1) is 29.1. The van der Waals surface area contributed by atoms with E-state index in [0.29, 0.717) is 45.2 Å². The van der Waals surface area contributed by atoms with E-state index in [-0.39, 0.29) is 17.3 Å². The lowest BCUT2D eigenvalue weighted by molar-refractivity contribution is -0.127. The third kappa shape index (κ3) is 6.80. The fourth-order valence-corrected chi connectivity index (χ4v) is 4.42. The van der Waals surface area contributed by atoms with Gasteiger partial charge >= 0.3 is 6.03 Å². The molecule has 9 nitrogen and oxygen atoms in total. The molecule has 1 fully saturated rings. The second-order valence-corrected chi connectivity index (χ2v) is 9.65. The normalized spacial score (nSPS) is 13.8. The predicted molar refractivity (Wildman–Crippen MR) is 153 cm³/mol. The molecule has 3 aromatic rings. The molecule has 208 valence electrons. The van der Waals surface area contributed by atoms with Crippen LogP contribution in [0.4, 0.5) is 10.5 Å². The number of nitrogens with one attached hydrogen (secondary N) is 2. The Morgan fingerprint density at radius 1 is 0.975 bits per heavy atom. The highest BCUT2D eigenvalue weighted by Crippen LogP contribution is 2.38. The number of hydrogen-bond acceptors (Lipinski definition) is 6. The summed E-state index contributed by atoms with van der Waals surface area (Å²) in [5, 5.41) is 6.18. The number of anilines is 1. The van der Waals surface area contributed by atoms with Crippen LogP contribution in [-0.2, 0) is 16.2 Å². The van der Waals surface area contributed by atoms with Gasteiger partial charge in [-0.3, -0.25) is 9.59 Å². The van der Waals surface area contributed by atoms with E-state index in [4.69, 9.17) is 49.0 Å². The number of amides is 4. The number of carbonyl (C=O) groups is 3. The molecule has 0 aliphatic carbocycles. The summed E-state index contributed by atoms with van der Waals surface area (Å²) in [5.41, 5.74) is 1.63. The van der Waals surface area contributed by atoms with Crippen molar-refractivity contribution in [1.29, 1.82) is 0 Å². The summed E-state index contributed by atoms with van der Waals surface area (Å²) < 4.78 is 16.8. The largest absolute Gasteiger partial charge is 0.495 e. The zero-order chi connectivity index (χ0) is 28.8. The van der Waals surface area contributed by atoms with Crippen molar-refractivity contribution in [3.05, 3.63) is 86.5 Å². The Labute approximate surface area is 245 Å². The number of halogens is 3. The van der Waals surface area contributed by atoms with E-state index in [9.17, 15) is 14.4 Å². The number of ether oxygens (including phenoxy) is 3. The molecule has 0 atom stereocenters. The van der Waals surface area contributed by atoms with Gasteiger partial charge in [0.1, 0.15) is 24.6 Å². The molecule has 1 aliphatic rings. The summed E-state index contributed by atoms with van der Waals surface area (Å²) in [6.07, 6.45) is 1.44. The molecular formula is C28H24Cl3N3O6. The second kappa shape index (κ2) is 13.0. The average Bonchev–Trinajstić information content (AvgIpc) is 3.17. The van der Waals surface area contributed by atoms with Gasteiger partial charge in [-0.25, -0.2) is 9.69 Å². The van der Waals surface area contributed by atoms with Crippen LogP contribution < -0.4 is 24.8 Å². The van der Waals surface area contributed by atoms with Gasteiger partial charge in [-0.05, 0) is 60.5 Å². The van der Waals surface area contributed by atoms with Gasteiger partial charge in [0.2, 0.25) is 5.91 Å². The Kier molecular flexibility index (Phi) is 9.42. The maximum absolute atomic E-state index is 13.0. The van der Waals surface area contributed by atoms with Crippen molar-refractivity contribution in [1.82, 2.24) is 10.2 Å². The second-order valence-electron chi connectivity index (χ2n) is 8.43. The van der Waals surface area contributed by atoms with Gasteiger partial charge in [-0.15, -0.1) is 0 Å². The van der Waals surface area contributed by atoms with Crippen LogP contribution in [0.2, 0.25) is 15.1 Å². The Bertz CT molecular complexity index is 1490. The van der Waals surface area contributed by atoms with Gasteiger partial charge in [0.15, 0.2) is 11.5 Å². The number of nitrogens with zero attached hydrogens (tertiary/aromatic N) is 1. The molecule has 0 aromatic heterocycles. The standard InChI is InChI=1S/C28H24Cl3N3O6/c1-3-39-24-13-17(11-20(31)26(24)40-15-16-8-9-18(29)19(30)10-16)12-22-27(36)34(28(37)33-22)14-25(35)32-21-6-4-5-7-23(21)38-2/h4-13H,3,14-15H2,1-2H3,(H,32,35)(H,33,37)/b22-12+. The van der Waals surface area contributed by atoms with Crippen molar-refractivity contribution in [3.63, 3.8) is 0 Å². The summed E-state index contributed by atoms with van der Waals surface area (Å²) in [6, 6.07) is 14.4. The Morgan fingerprint density at radius 3 is 2.48 bits per heavy atom. The van der Waals surface area contributed by atoms with Crippen LogP contribution in [0, 0.1) is 0 Å². The monoisotopic (exact) mass is 603 g/mol. The molecule has 0 bridgehead atoms. The lowest BCUT2D eigenvalue weighted by Gasteiger charge is -2.15. The fourth-order valence-electron chi connectivity index (χ4n) is 3.82. The van der Waals surface area contributed by atoms with Crippen LogP contribution in [0.3, 0.4) is 0 Å². The summed E-state index contributed by atoms with van der Waals surface area (Å²) >= 11 is 18.6. The molecular weight excluding hydrogens is 581 g/mol. The number of imide groups is 1. The number of hydrogen-bond donors (Lipinski definition) is 2. The quantitative estimate of drug-likeness (QED) is 0.212. The van der Waals surface area contributed by atoms with Gasteiger partial charge in [-0.1, -0.05) is 53.0 Å². The van der Waals surface area contributed by atoms with Gasteiger partial charge in [-0.2, -0.15) is 0 Å². The zero-order valence-corrected chi connectivity index (χ0v) is 23.7. The van der Waals surface area contributed by atoms with E-state index in [2.05, 4.69) is 10.6 Å². The molecule has 1 saturated heterocycles. The van der Waals surface area contributed by atoms with E-state index in [1.807, 2.05) is 0 Å². The number of methoxy groups -OCH3 is 1. The third-order valence-corrected chi connectivity index (χ3v) is 6.67. The van der Waals surface area contributed by atoms with Crippen LogP contribution in [0.1, 0.15) is 18.1 Å². The molecule has 12 heteroatoms. The highest BCUT2D eigenvalue weighted by molar-refractivity contribution is 6.42. The highest BCUT2D eigenvalue weighted by Gasteiger charge is 2.35. The van der Waals surface area contributed by atoms with Crippen LogP contribution in [0.25, 0.3) is 6.08 Å². The molecule has 0 radical (unpaired) electrons. The fraction of sp³-hybridized carbons (Fsp3) is 0.179. The Balaban J connectivity index is 1.49. The van der Waals surface area contributed by atoms with Crippen molar-refractivity contribution in [3.8, 4) is 17.2 Å². The first-order valence-electron chi connectivity index (χ1n) is 12.0. The van der Waals surface area contributed by atoms with Crippen molar-refractivity contribution in [2.45, 2.75) is 13.5 Å². The summed E-state index contributed by atoms with van der Waals surface area (Å²) in [6.45, 7) is 1.78. The number of carbonyl (C=O) groups excluding carboxylic acids is 3. The Hall–Kier alpha value is -3.92. The SMILES string of the molecule is CCOc1cc(/C=C2/NC(=O)N(CC(=O)Nc3ccccc3OC)C2=O)cc(Cl)c1OCc1ccc(Cl)c(Cl)c1. The minimum atomic E-state index is -0.732. The van der Waals surface area contributed by atoms with Crippen LogP contribution >= 0.6 is 34.8 Å². The highest BCUT2D eigenvalue weighted by atomic mass is 35.5. The lowest BCUT2D eigenvalue weighted by atomic mass is 10.1. The first-order chi connectivity index (χ1) is 19.2. The van der Waals surface area contributed by atoms with Crippen molar-refractivity contribution < 1.29 is 28.6 Å². The molecule has 1 heterocycles. The number of benzene rings is 3. The molecule has 2 N–H and O–H groups in total. The van der Waals surface area contributed by atoms with E-state index >= 15 is 0 Å². The molecule has 0 saturated carbocycles. The van der Waals surface area contributed by atoms with Gasteiger partial charge in [0.25, 0.3) is 5.91 Å². The molecule has 3 aromatic carbocycles. The molecule has 1 aliphatic heterocycles. The molecule has 4 amide bonds. The molecule has 0 spiro atoms. The van der Waals surface area contributed by atoms with Crippen molar-refractivity contribution >= 4 is 64.4 Å². The maximum atomic E-state index is 13.0. The average molecular weight is 605 g/mol. The van der Waals surface area contributed by atoms with Crippen LogP contribution in [-0.4, -0.2) is 43.0 Å². The lowest BCUT2D eigenvalue weighted by Crippen LogP contribution is -2.38. The van der Waals surface area contributed by atoms with Gasteiger partial charge in [0.05, 0.1) is 34.5 Å². The molecule has 4 rings (SSSR count). The predicted octanol–water partition coefficient (Wildman–Crippen LogP) is 6.16. The minimum absolute atomic E-state index is 0.0296. The summed E-state index contributed by atoms with van der Waals surface area (Å²) in [4.78, 5) is 38.8. The molecule has 0 unspecified atom stereocenters. The number of rotatable bonds is 10. The van der Waals surface area contributed by atoms with Gasteiger partial charge in [0, 0.05) is 0 Å². The van der Waals surface area contributed by atoms with Crippen LogP contribution in [0.5, 0.6) is 17.2 Å².